The topological polar surface area (TPSA) is 70.6 Å². The van der Waals surface area contributed by atoms with Crippen LogP contribution in [0.5, 0.6) is 0 Å². The molecule has 1 aromatic heterocycles. The predicted molar refractivity (Wildman–Crippen MR) is 116 cm³/mol. The number of benzene rings is 1. The molecule has 0 unspecified atom stereocenters. The summed E-state index contributed by atoms with van der Waals surface area (Å²) in [5.74, 6) is -0.157. The molecule has 2 aliphatic heterocycles. The van der Waals surface area contributed by atoms with Crippen molar-refractivity contribution in [2.24, 2.45) is 5.92 Å². The van der Waals surface area contributed by atoms with Gasteiger partial charge < -0.3 is 4.90 Å². The average Bonchev–Trinajstić information content (AvgIpc) is 3.23. The Kier molecular flexibility index (Phi) is 5.26. The molecule has 1 fully saturated rings. The number of imide groups is 1. The van der Waals surface area contributed by atoms with Gasteiger partial charge in [-0.25, -0.2) is 4.98 Å². The number of hydrogen-bond acceptors (Lipinski definition) is 4. The van der Waals surface area contributed by atoms with Crippen LogP contribution in [0.4, 0.5) is 0 Å². The van der Waals surface area contributed by atoms with Crippen molar-refractivity contribution in [3.63, 3.8) is 0 Å². The zero-order valence-corrected chi connectivity index (χ0v) is 18.0. The minimum atomic E-state index is -0.275. The Labute approximate surface area is 186 Å². The third-order valence-corrected chi connectivity index (χ3v) is 7.04. The average molecular weight is 438 g/mol. The van der Waals surface area contributed by atoms with Crippen LogP contribution in [0.3, 0.4) is 0 Å². The van der Waals surface area contributed by atoms with Gasteiger partial charge in [0.15, 0.2) is 0 Å². The molecule has 3 aliphatic rings. The summed E-state index contributed by atoms with van der Waals surface area (Å²) < 4.78 is 0. The number of pyridine rings is 1. The van der Waals surface area contributed by atoms with Gasteiger partial charge in [0.2, 0.25) is 0 Å². The van der Waals surface area contributed by atoms with E-state index in [1.54, 1.807) is 35.2 Å². The molecule has 6 nitrogen and oxygen atoms in total. The molecule has 1 aromatic carbocycles. The summed E-state index contributed by atoms with van der Waals surface area (Å²) in [5.41, 5.74) is 2.29. The maximum atomic E-state index is 13.2. The van der Waals surface area contributed by atoms with Crippen molar-refractivity contribution in [1.29, 1.82) is 0 Å². The van der Waals surface area contributed by atoms with Crippen LogP contribution in [0, 0.1) is 5.92 Å². The Morgan fingerprint density at radius 2 is 1.65 bits per heavy atom. The molecule has 5 rings (SSSR count). The van der Waals surface area contributed by atoms with Crippen molar-refractivity contribution in [3.05, 3.63) is 63.9 Å². The van der Waals surface area contributed by atoms with E-state index in [9.17, 15) is 14.4 Å². The molecule has 3 amide bonds. The van der Waals surface area contributed by atoms with Crippen LogP contribution in [0.1, 0.15) is 75.2 Å². The zero-order chi connectivity index (χ0) is 21.5. The van der Waals surface area contributed by atoms with E-state index >= 15 is 0 Å². The maximum Gasteiger partial charge on any atom is 0.261 e. The number of fused-ring (bicyclic) bond motifs is 2. The Morgan fingerprint density at radius 1 is 0.968 bits per heavy atom. The molecule has 31 heavy (non-hydrogen) atoms. The fraction of sp³-hybridized carbons (Fsp3) is 0.417. The molecule has 0 saturated heterocycles. The number of amides is 3. The normalized spacial score (nSPS) is 19.7. The second-order valence-corrected chi connectivity index (χ2v) is 9.14. The second kappa shape index (κ2) is 8.08. The number of hydrogen-bond donors (Lipinski definition) is 0. The van der Waals surface area contributed by atoms with E-state index in [2.05, 4.69) is 4.98 Å². The van der Waals surface area contributed by atoms with Crippen molar-refractivity contribution >= 4 is 29.3 Å². The summed E-state index contributed by atoms with van der Waals surface area (Å²) >= 11 is 6.04. The van der Waals surface area contributed by atoms with E-state index in [1.165, 1.54) is 30.4 Å². The number of halogens is 1. The fourth-order valence-electron chi connectivity index (χ4n) is 5.22. The molecule has 1 atom stereocenters. The SMILES string of the molecule is O=C1c2ccccc2C(=O)N1C[C@@H](CC1CCCCC1)N1Cc2cc(Cl)ncc2C1=O. The van der Waals surface area contributed by atoms with Crippen molar-refractivity contribution in [2.75, 3.05) is 6.54 Å². The van der Waals surface area contributed by atoms with Gasteiger partial charge >= 0.3 is 0 Å². The summed E-state index contributed by atoms with van der Waals surface area (Å²) in [6, 6.07) is 8.42. The van der Waals surface area contributed by atoms with Crippen LogP contribution < -0.4 is 0 Å². The summed E-state index contributed by atoms with van der Waals surface area (Å²) in [7, 11) is 0. The number of nitrogens with zero attached hydrogens (tertiary/aromatic N) is 3. The number of carbonyl (C=O) groups excluding carboxylic acids is 3. The monoisotopic (exact) mass is 437 g/mol. The van der Waals surface area contributed by atoms with E-state index in [0.717, 1.165) is 24.8 Å². The minimum Gasteiger partial charge on any atom is -0.329 e. The van der Waals surface area contributed by atoms with Crippen LogP contribution in [0.15, 0.2) is 36.5 Å². The van der Waals surface area contributed by atoms with Crippen molar-refractivity contribution in [1.82, 2.24) is 14.8 Å². The molecule has 0 radical (unpaired) electrons. The van der Waals surface area contributed by atoms with Crippen LogP contribution in [0.25, 0.3) is 0 Å². The summed E-state index contributed by atoms with van der Waals surface area (Å²) in [5, 5.41) is 0.359. The Morgan fingerprint density at radius 3 is 2.32 bits per heavy atom. The van der Waals surface area contributed by atoms with Crippen LogP contribution in [-0.4, -0.2) is 45.1 Å². The smallest absolute Gasteiger partial charge is 0.261 e. The summed E-state index contributed by atoms with van der Waals surface area (Å²) in [6.07, 6.45) is 8.20. The second-order valence-electron chi connectivity index (χ2n) is 8.76. The van der Waals surface area contributed by atoms with Gasteiger partial charge in [0, 0.05) is 19.3 Å². The van der Waals surface area contributed by atoms with Crippen LogP contribution in [-0.2, 0) is 6.54 Å². The maximum absolute atomic E-state index is 13.2. The van der Waals surface area contributed by atoms with Crippen molar-refractivity contribution < 1.29 is 14.4 Å². The summed E-state index contributed by atoms with van der Waals surface area (Å²) in [6.45, 7) is 0.640. The van der Waals surface area contributed by atoms with Gasteiger partial charge in [0.05, 0.1) is 22.7 Å². The lowest BCUT2D eigenvalue weighted by Gasteiger charge is -2.34. The molecule has 1 aliphatic carbocycles. The zero-order valence-electron chi connectivity index (χ0n) is 17.2. The molecule has 0 bridgehead atoms. The quantitative estimate of drug-likeness (QED) is 0.515. The first-order valence-electron chi connectivity index (χ1n) is 10.9. The lowest BCUT2D eigenvalue weighted by Crippen LogP contribution is -2.47. The first-order valence-corrected chi connectivity index (χ1v) is 11.3. The largest absolute Gasteiger partial charge is 0.329 e. The molecule has 1 saturated carbocycles. The highest BCUT2D eigenvalue weighted by Crippen LogP contribution is 2.34. The van der Waals surface area contributed by atoms with E-state index < -0.39 is 0 Å². The van der Waals surface area contributed by atoms with Gasteiger partial charge in [-0.2, -0.15) is 0 Å². The highest BCUT2D eigenvalue weighted by Gasteiger charge is 2.41. The minimum absolute atomic E-state index is 0.100. The van der Waals surface area contributed by atoms with E-state index in [0.29, 0.717) is 34.3 Å². The molecule has 0 N–H and O–H groups in total. The number of rotatable bonds is 5. The van der Waals surface area contributed by atoms with Gasteiger partial charge in [0.1, 0.15) is 5.15 Å². The molecular weight excluding hydrogens is 414 g/mol. The molecule has 3 heterocycles. The van der Waals surface area contributed by atoms with Crippen molar-refractivity contribution in [3.8, 4) is 0 Å². The number of aromatic nitrogens is 1. The fourth-order valence-corrected chi connectivity index (χ4v) is 5.40. The van der Waals surface area contributed by atoms with E-state index in [4.69, 9.17) is 11.6 Å². The number of carbonyl (C=O) groups is 3. The third kappa shape index (κ3) is 3.63. The van der Waals surface area contributed by atoms with E-state index in [-0.39, 0.29) is 30.3 Å². The molecular formula is C24H24ClN3O3. The first-order chi connectivity index (χ1) is 15.0. The molecule has 0 spiro atoms. The van der Waals surface area contributed by atoms with Gasteiger partial charge in [-0.3, -0.25) is 19.3 Å². The van der Waals surface area contributed by atoms with Crippen molar-refractivity contribution in [2.45, 2.75) is 51.1 Å². The Bertz CT molecular complexity index is 1030. The highest BCUT2D eigenvalue weighted by molar-refractivity contribution is 6.29. The third-order valence-electron chi connectivity index (χ3n) is 6.83. The Hall–Kier alpha value is -2.73. The van der Waals surface area contributed by atoms with Gasteiger partial charge in [-0.1, -0.05) is 55.8 Å². The molecule has 7 heteroatoms. The lowest BCUT2D eigenvalue weighted by molar-refractivity contribution is 0.0493. The Balaban J connectivity index is 1.42. The molecule has 2 aromatic rings. The van der Waals surface area contributed by atoms with Crippen LogP contribution >= 0.6 is 11.6 Å². The highest BCUT2D eigenvalue weighted by atomic mass is 35.5. The standard InChI is InChI=1S/C24H24ClN3O3/c25-21-11-16-13-27(24(31)20(16)12-26-21)17(10-15-6-2-1-3-7-15)14-28-22(29)18-8-4-5-9-19(18)23(28)30/h4-5,8-9,11-12,15,17H,1-3,6-7,10,13-14H2/t17-/m1/s1. The van der Waals surface area contributed by atoms with Gasteiger partial charge in [0.25, 0.3) is 17.7 Å². The van der Waals surface area contributed by atoms with Gasteiger partial charge in [-0.15, -0.1) is 0 Å². The lowest BCUT2D eigenvalue weighted by atomic mass is 9.84. The van der Waals surface area contributed by atoms with Gasteiger partial charge in [-0.05, 0) is 36.1 Å². The first kappa shape index (κ1) is 20.2. The van der Waals surface area contributed by atoms with E-state index in [1.807, 2.05) is 0 Å². The van der Waals surface area contributed by atoms with Crippen LogP contribution in [0.2, 0.25) is 5.15 Å². The summed E-state index contributed by atoms with van der Waals surface area (Å²) in [4.78, 5) is 46.3. The predicted octanol–water partition coefficient (Wildman–Crippen LogP) is 4.33. The molecule has 160 valence electrons.